The second kappa shape index (κ2) is 7.63. The van der Waals surface area contributed by atoms with Crippen LogP contribution in [-0.4, -0.2) is 18.4 Å². The lowest BCUT2D eigenvalue weighted by Crippen LogP contribution is -2.16. The maximum absolute atomic E-state index is 12.7. The van der Waals surface area contributed by atoms with Gasteiger partial charge in [-0.25, -0.2) is 4.79 Å². The molecule has 0 radical (unpaired) electrons. The van der Waals surface area contributed by atoms with Crippen molar-refractivity contribution in [2.45, 2.75) is 6.92 Å². The Kier molecular flexibility index (Phi) is 5.31. The van der Waals surface area contributed by atoms with Crippen molar-refractivity contribution in [1.82, 2.24) is 0 Å². The van der Waals surface area contributed by atoms with Crippen LogP contribution in [0.5, 0.6) is 0 Å². The smallest absolute Gasteiger partial charge is 0.344 e. The van der Waals surface area contributed by atoms with Crippen molar-refractivity contribution in [3.05, 3.63) is 69.0 Å². The number of halogens is 1. The summed E-state index contributed by atoms with van der Waals surface area (Å²) in [6.07, 6.45) is 3.11. The average Bonchev–Trinajstić information content (AvgIpc) is 3.17. The molecule has 128 valence electrons. The molecule has 0 aliphatic carbocycles. The fourth-order valence-electron chi connectivity index (χ4n) is 2.21. The van der Waals surface area contributed by atoms with Gasteiger partial charge in [-0.1, -0.05) is 29.4 Å². The second-order valence-electron chi connectivity index (χ2n) is 5.02. The van der Waals surface area contributed by atoms with E-state index in [4.69, 9.17) is 20.8 Å². The molecule has 3 rings (SSSR count). The number of allylic oxidation sites excluding steroid dienone is 1. The maximum Gasteiger partial charge on any atom is 0.344 e. The van der Waals surface area contributed by atoms with E-state index in [0.717, 1.165) is 11.8 Å². The zero-order valence-corrected chi connectivity index (χ0v) is 14.8. The normalized spacial score (nSPS) is 15.8. The number of carbonyl (C=O) groups excluding carboxylic acids is 2. The summed E-state index contributed by atoms with van der Waals surface area (Å²) in [5, 5.41) is 4.03. The van der Waals surface area contributed by atoms with E-state index in [1.165, 1.54) is 6.26 Å². The van der Waals surface area contributed by atoms with Gasteiger partial charge >= 0.3 is 5.97 Å². The molecule has 1 aliphatic rings. The van der Waals surface area contributed by atoms with Gasteiger partial charge in [-0.2, -0.15) is 0 Å². The van der Waals surface area contributed by atoms with Crippen LogP contribution in [0, 0.1) is 0 Å². The Morgan fingerprint density at radius 2 is 2.20 bits per heavy atom. The van der Waals surface area contributed by atoms with Crippen molar-refractivity contribution in [1.29, 1.82) is 0 Å². The SMILES string of the molecule is CCOC(=O)C1=C(Nc2cccc(Cl)c2)S/C(=C\c2ccco2)C1=O. The number of ether oxygens (including phenoxy) is 1. The Bertz CT molecular complexity index is 871. The Morgan fingerprint density at radius 3 is 2.88 bits per heavy atom. The number of hydrogen-bond acceptors (Lipinski definition) is 6. The van der Waals surface area contributed by atoms with Crippen LogP contribution >= 0.6 is 23.4 Å². The van der Waals surface area contributed by atoms with Gasteiger partial charge in [-0.05, 0) is 43.3 Å². The van der Waals surface area contributed by atoms with Crippen LogP contribution in [0.2, 0.25) is 5.02 Å². The van der Waals surface area contributed by atoms with Crippen molar-refractivity contribution in [2.24, 2.45) is 0 Å². The van der Waals surface area contributed by atoms with Crippen molar-refractivity contribution < 1.29 is 18.7 Å². The first-order chi connectivity index (χ1) is 12.1. The predicted octanol–water partition coefficient (Wildman–Crippen LogP) is 4.48. The third kappa shape index (κ3) is 3.97. The number of ketones is 1. The summed E-state index contributed by atoms with van der Waals surface area (Å²) >= 11 is 7.14. The molecule has 0 fully saturated rings. The third-order valence-corrected chi connectivity index (χ3v) is 4.54. The van der Waals surface area contributed by atoms with Crippen LogP contribution in [0.25, 0.3) is 6.08 Å². The van der Waals surface area contributed by atoms with Gasteiger partial charge in [0.1, 0.15) is 11.3 Å². The Morgan fingerprint density at radius 1 is 1.36 bits per heavy atom. The number of Topliss-reactive ketones (excluding diaryl/α,β-unsaturated/α-hetero) is 1. The van der Waals surface area contributed by atoms with Crippen LogP contribution in [0.15, 0.2) is 62.6 Å². The highest BCUT2D eigenvalue weighted by molar-refractivity contribution is 8.08. The number of thioether (sulfide) groups is 1. The molecule has 0 saturated carbocycles. The molecular formula is C18H14ClNO4S. The zero-order valence-electron chi connectivity index (χ0n) is 13.2. The topological polar surface area (TPSA) is 68.5 Å². The van der Waals surface area contributed by atoms with E-state index in [1.807, 2.05) is 0 Å². The minimum Gasteiger partial charge on any atom is -0.465 e. The monoisotopic (exact) mass is 375 g/mol. The van der Waals surface area contributed by atoms with Crippen molar-refractivity contribution in [3.63, 3.8) is 0 Å². The summed E-state index contributed by atoms with van der Waals surface area (Å²) in [7, 11) is 0. The quantitative estimate of drug-likeness (QED) is 0.472. The van der Waals surface area contributed by atoms with Crippen molar-refractivity contribution >= 4 is 46.9 Å². The summed E-state index contributed by atoms with van der Waals surface area (Å²) in [5.74, 6) is -0.528. The van der Waals surface area contributed by atoms with Crippen LogP contribution in [-0.2, 0) is 14.3 Å². The number of benzene rings is 1. The highest BCUT2D eigenvalue weighted by Crippen LogP contribution is 2.40. The van der Waals surface area contributed by atoms with E-state index >= 15 is 0 Å². The summed E-state index contributed by atoms with van der Waals surface area (Å²) < 4.78 is 10.3. The molecule has 1 aromatic carbocycles. The predicted molar refractivity (Wildman–Crippen MR) is 98.0 cm³/mol. The van der Waals surface area contributed by atoms with Crippen LogP contribution < -0.4 is 5.32 Å². The van der Waals surface area contributed by atoms with E-state index < -0.39 is 11.8 Å². The molecule has 1 N–H and O–H groups in total. The number of rotatable bonds is 5. The number of hydrogen-bond donors (Lipinski definition) is 1. The first kappa shape index (κ1) is 17.4. The van der Waals surface area contributed by atoms with Gasteiger partial charge in [0, 0.05) is 10.7 Å². The molecule has 2 aromatic rings. The van der Waals surface area contributed by atoms with Crippen molar-refractivity contribution in [3.8, 4) is 0 Å². The molecule has 1 aromatic heterocycles. The minimum atomic E-state index is -0.660. The number of furan rings is 1. The molecule has 25 heavy (non-hydrogen) atoms. The van der Waals surface area contributed by atoms with Gasteiger partial charge in [0.25, 0.3) is 0 Å². The van der Waals surface area contributed by atoms with E-state index in [1.54, 1.807) is 49.4 Å². The Hall–Kier alpha value is -2.44. The van der Waals surface area contributed by atoms with Crippen LogP contribution in [0.4, 0.5) is 5.69 Å². The molecule has 0 bridgehead atoms. The summed E-state index contributed by atoms with van der Waals surface area (Å²) in [6, 6.07) is 10.5. The van der Waals surface area contributed by atoms with E-state index in [-0.39, 0.29) is 12.2 Å². The molecule has 0 amide bonds. The van der Waals surface area contributed by atoms with Crippen molar-refractivity contribution in [2.75, 3.05) is 11.9 Å². The summed E-state index contributed by atoms with van der Waals surface area (Å²) in [4.78, 5) is 25.3. The minimum absolute atomic E-state index is 0.0235. The standard InChI is InChI=1S/C18H14ClNO4S/c1-2-23-18(22)15-16(21)14(10-13-7-4-8-24-13)25-17(15)20-12-6-3-5-11(19)9-12/h3-10,20H,2H2,1H3/b14-10-. The van der Waals surface area contributed by atoms with Crippen LogP contribution in [0.1, 0.15) is 12.7 Å². The van der Waals surface area contributed by atoms with E-state index in [0.29, 0.717) is 26.4 Å². The molecule has 0 spiro atoms. The molecule has 0 unspecified atom stereocenters. The molecular weight excluding hydrogens is 362 g/mol. The molecule has 5 nitrogen and oxygen atoms in total. The molecule has 1 aliphatic heterocycles. The molecule has 2 heterocycles. The Labute approximate surface area is 153 Å². The number of carbonyl (C=O) groups is 2. The third-order valence-electron chi connectivity index (χ3n) is 3.27. The summed E-state index contributed by atoms with van der Waals surface area (Å²) in [5.41, 5.74) is 0.647. The van der Waals surface area contributed by atoms with Gasteiger partial charge < -0.3 is 14.5 Å². The maximum atomic E-state index is 12.7. The number of anilines is 1. The molecule has 0 atom stereocenters. The summed E-state index contributed by atoms with van der Waals surface area (Å²) in [6.45, 7) is 1.87. The lowest BCUT2D eigenvalue weighted by Gasteiger charge is -2.08. The lowest BCUT2D eigenvalue weighted by molar-refractivity contribution is -0.139. The Balaban J connectivity index is 1.94. The number of esters is 1. The van der Waals surface area contributed by atoms with Gasteiger partial charge in [0.15, 0.2) is 0 Å². The number of nitrogens with one attached hydrogen (secondary N) is 1. The van der Waals surface area contributed by atoms with E-state index in [2.05, 4.69) is 5.32 Å². The fourth-order valence-corrected chi connectivity index (χ4v) is 3.43. The fraction of sp³-hybridized carbons (Fsp3) is 0.111. The lowest BCUT2D eigenvalue weighted by atomic mass is 10.1. The van der Waals surface area contributed by atoms with E-state index in [9.17, 15) is 9.59 Å². The van der Waals surface area contributed by atoms with Crippen LogP contribution in [0.3, 0.4) is 0 Å². The highest BCUT2D eigenvalue weighted by Gasteiger charge is 2.35. The first-order valence-corrected chi connectivity index (χ1v) is 8.69. The first-order valence-electron chi connectivity index (χ1n) is 7.50. The van der Waals surface area contributed by atoms with Gasteiger partial charge in [0.05, 0.1) is 22.8 Å². The second-order valence-corrected chi connectivity index (χ2v) is 6.50. The molecule has 0 saturated heterocycles. The largest absolute Gasteiger partial charge is 0.465 e. The molecule has 7 heteroatoms. The van der Waals surface area contributed by atoms with Gasteiger partial charge in [-0.15, -0.1) is 0 Å². The average molecular weight is 376 g/mol. The zero-order chi connectivity index (χ0) is 17.8. The highest BCUT2D eigenvalue weighted by atomic mass is 35.5. The van der Waals surface area contributed by atoms with Gasteiger partial charge in [0.2, 0.25) is 5.78 Å². The van der Waals surface area contributed by atoms with Gasteiger partial charge in [-0.3, -0.25) is 4.79 Å².